The SMILES string of the molecule is OC1Cc2cc(C(F)(F)F)ccc2N=C1C1=CC=CCC1. The summed E-state index contributed by atoms with van der Waals surface area (Å²) in [6.07, 6.45) is 2.47. The van der Waals surface area contributed by atoms with Gasteiger partial charge in [0.25, 0.3) is 0 Å². The van der Waals surface area contributed by atoms with Crippen molar-refractivity contribution in [2.24, 2.45) is 4.99 Å². The molecule has 0 saturated heterocycles. The number of halogens is 3. The molecule has 0 radical (unpaired) electrons. The van der Waals surface area contributed by atoms with Crippen LogP contribution in [0.2, 0.25) is 0 Å². The maximum atomic E-state index is 12.7. The highest BCUT2D eigenvalue weighted by molar-refractivity contribution is 6.06. The Labute approximate surface area is 120 Å². The Kier molecular flexibility index (Phi) is 3.45. The number of rotatable bonds is 1. The second-order valence-corrected chi connectivity index (χ2v) is 5.22. The number of aliphatic imine (C=N–C) groups is 1. The van der Waals surface area contributed by atoms with Crippen LogP contribution in [0.5, 0.6) is 0 Å². The first-order chi connectivity index (χ1) is 9.95. The number of benzene rings is 1. The zero-order chi connectivity index (χ0) is 15.0. The molecule has 1 atom stereocenters. The van der Waals surface area contributed by atoms with Gasteiger partial charge in [0, 0.05) is 6.42 Å². The van der Waals surface area contributed by atoms with Crippen molar-refractivity contribution < 1.29 is 18.3 Å². The van der Waals surface area contributed by atoms with Crippen LogP contribution < -0.4 is 0 Å². The minimum absolute atomic E-state index is 0.166. The molecule has 0 fully saturated rings. The van der Waals surface area contributed by atoms with E-state index in [2.05, 4.69) is 4.99 Å². The molecule has 0 saturated carbocycles. The molecular formula is C16H14F3NO. The van der Waals surface area contributed by atoms with Gasteiger partial charge in [0.2, 0.25) is 0 Å². The lowest BCUT2D eigenvalue weighted by atomic mass is 9.90. The third-order valence-electron chi connectivity index (χ3n) is 3.72. The monoisotopic (exact) mass is 293 g/mol. The topological polar surface area (TPSA) is 32.6 Å². The average molecular weight is 293 g/mol. The molecule has 1 aliphatic carbocycles. The average Bonchev–Trinajstić information content (AvgIpc) is 2.46. The molecule has 110 valence electrons. The summed E-state index contributed by atoms with van der Waals surface area (Å²) in [5.74, 6) is 0. The van der Waals surface area contributed by atoms with Gasteiger partial charge in [-0.05, 0) is 42.2 Å². The molecule has 3 rings (SSSR count). The quantitative estimate of drug-likeness (QED) is 0.835. The number of hydrogen-bond acceptors (Lipinski definition) is 2. The van der Waals surface area contributed by atoms with E-state index in [1.165, 1.54) is 6.07 Å². The Balaban J connectivity index is 2.00. The Morgan fingerprint density at radius 3 is 2.71 bits per heavy atom. The van der Waals surface area contributed by atoms with Crippen molar-refractivity contribution >= 4 is 11.4 Å². The molecule has 21 heavy (non-hydrogen) atoms. The van der Waals surface area contributed by atoms with Crippen LogP contribution in [-0.4, -0.2) is 16.9 Å². The summed E-state index contributed by atoms with van der Waals surface area (Å²) in [7, 11) is 0. The number of nitrogens with zero attached hydrogens (tertiary/aromatic N) is 1. The standard InChI is InChI=1S/C16H14F3NO/c17-16(18,19)12-6-7-13-11(8-12)9-14(21)15(20-13)10-4-2-1-3-5-10/h1-2,4,6-8,14,21H,3,5,9H2. The van der Waals surface area contributed by atoms with Gasteiger partial charge in [0.1, 0.15) is 6.10 Å². The first-order valence-electron chi connectivity index (χ1n) is 6.78. The van der Waals surface area contributed by atoms with Gasteiger partial charge >= 0.3 is 6.18 Å². The molecule has 1 aromatic carbocycles. The van der Waals surface area contributed by atoms with Gasteiger partial charge in [0.15, 0.2) is 0 Å². The molecule has 1 heterocycles. The highest BCUT2D eigenvalue weighted by Crippen LogP contribution is 2.35. The molecule has 0 amide bonds. The first-order valence-corrected chi connectivity index (χ1v) is 6.78. The Morgan fingerprint density at radius 2 is 2.05 bits per heavy atom. The second kappa shape index (κ2) is 5.15. The maximum absolute atomic E-state index is 12.7. The van der Waals surface area contributed by atoms with E-state index in [1.807, 2.05) is 18.2 Å². The van der Waals surface area contributed by atoms with Gasteiger partial charge in [-0.2, -0.15) is 13.2 Å². The van der Waals surface area contributed by atoms with Gasteiger partial charge in [0.05, 0.1) is 17.0 Å². The molecular weight excluding hydrogens is 279 g/mol. The van der Waals surface area contributed by atoms with Crippen LogP contribution >= 0.6 is 0 Å². The lowest BCUT2D eigenvalue weighted by molar-refractivity contribution is -0.137. The van der Waals surface area contributed by atoms with Crippen molar-refractivity contribution in [2.45, 2.75) is 31.5 Å². The van der Waals surface area contributed by atoms with E-state index in [4.69, 9.17) is 0 Å². The Hall–Kier alpha value is -1.88. The molecule has 0 spiro atoms. The molecule has 1 aliphatic heterocycles. The van der Waals surface area contributed by atoms with Crippen molar-refractivity contribution in [3.05, 3.63) is 53.1 Å². The number of aliphatic hydroxyl groups is 1. The van der Waals surface area contributed by atoms with Gasteiger partial charge in [-0.15, -0.1) is 0 Å². The van der Waals surface area contributed by atoms with Crippen LogP contribution in [0.15, 0.2) is 47.0 Å². The van der Waals surface area contributed by atoms with Crippen LogP contribution in [-0.2, 0) is 12.6 Å². The highest BCUT2D eigenvalue weighted by Gasteiger charge is 2.32. The molecule has 1 aromatic rings. The lowest BCUT2D eigenvalue weighted by Crippen LogP contribution is -2.28. The summed E-state index contributed by atoms with van der Waals surface area (Å²) in [6.45, 7) is 0. The van der Waals surface area contributed by atoms with E-state index in [0.717, 1.165) is 30.5 Å². The summed E-state index contributed by atoms with van der Waals surface area (Å²) >= 11 is 0. The van der Waals surface area contributed by atoms with E-state index in [9.17, 15) is 18.3 Å². The zero-order valence-electron chi connectivity index (χ0n) is 11.2. The normalized spacial score (nSPS) is 21.6. The van der Waals surface area contributed by atoms with E-state index in [0.29, 0.717) is 17.0 Å². The van der Waals surface area contributed by atoms with Crippen LogP contribution in [0, 0.1) is 0 Å². The fraction of sp³-hybridized carbons (Fsp3) is 0.312. The van der Waals surface area contributed by atoms with Crippen LogP contribution in [0.25, 0.3) is 0 Å². The fourth-order valence-corrected chi connectivity index (χ4v) is 2.65. The number of hydrogen-bond donors (Lipinski definition) is 1. The van der Waals surface area contributed by atoms with Crippen LogP contribution in [0.4, 0.5) is 18.9 Å². The summed E-state index contributed by atoms with van der Waals surface area (Å²) in [6, 6.07) is 3.49. The van der Waals surface area contributed by atoms with Gasteiger partial charge in [-0.25, -0.2) is 0 Å². The fourth-order valence-electron chi connectivity index (χ4n) is 2.65. The van der Waals surface area contributed by atoms with Crippen molar-refractivity contribution in [3.63, 3.8) is 0 Å². The summed E-state index contributed by atoms with van der Waals surface area (Å²) in [5.41, 5.74) is 1.78. The van der Waals surface area contributed by atoms with E-state index < -0.39 is 17.8 Å². The first kappa shape index (κ1) is 14.1. The smallest absolute Gasteiger partial charge is 0.386 e. The lowest BCUT2D eigenvalue weighted by Gasteiger charge is -2.24. The van der Waals surface area contributed by atoms with Crippen LogP contribution in [0.3, 0.4) is 0 Å². The van der Waals surface area contributed by atoms with Gasteiger partial charge in [-0.3, -0.25) is 4.99 Å². The van der Waals surface area contributed by atoms with Crippen molar-refractivity contribution in [1.29, 1.82) is 0 Å². The number of alkyl halides is 3. The third kappa shape index (κ3) is 2.78. The number of allylic oxidation sites excluding steroid dienone is 3. The third-order valence-corrected chi connectivity index (χ3v) is 3.72. The zero-order valence-corrected chi connectivity index (χ0v) is 11.2. The minimum Gasteiger partial charge on any atom is -0.386 e. The molecule has 0 aromatic heterocycles. The predicted octanol–water partition coefficient (Wildman–Crippen LogP) is 3.97. The molecule has 1 unspecified atom stereocenters. The van der Waals surface area contributed by atoms with E-state index in [1.54, 1.807) is 0 Å². The minimum atomic E-state index is -4.37. The number of aliphatic hydroxyl groups excluding tert-OH is 1. The second-order valence-electron chi connectivity index (χ2n) is 5.22. The summed E-state index contributed by atoms with van der Waals surface area (Å²) < 4.78 is 38.1. The van der Waals surface area contributed by atoms with E-state index in [-0.39, 0.29) is 6.42 Å². The molecule has 5 heteroatoms. The summed E-state index contributed by atoms with van der Waals surface area (Å²) in [5, 5.41) is 10.2. The van der Waals surface area contributed by atoms with Gasteiger partial charge < -0.3 is 5.11 Å². The molecule has 0 bridgehead atoms. The Bertz CT molecular complexity index is 656. The molecule has 1 N–H and O–H groups in total. The van der Waals surface area contributed by atoms with Crippen molar-refractivity contribution in [3.8, 4) is 0 Å². The molecule has 2 aliphatic rings. The van der Waals surface area contributed by atoms with E-state index >= 15 is 0 Å². The predicted molar refractivity (Wildman–Crippen MR) is 74.7 cm³/mol. The highest BCUT2D eigenvalue weighted by atomic mass is 19.4. The summed E-state index contributed by atoms with van der Waals surface area (Å²) in [4.78, 5) is 4.37. The van der Waals surface area contributed by atoms with Crippen molar-refractivity contribution in [1.82, 2.24) is 0 Å². The van der Waals surface area contributed by atoms with Gasteiger partial charge in [-0.1, -0.05) is 18.2 Å². The van der Waals surface area contributed by atoms with Crippen LogP contribution in [0.1, 0.15) is 24.0 Å². The largest absolute Gasteiger partial charge is 0.416 e. The molecule has 2 nitrogen and oxygen atoms in total. The number of fused-ring (bicyclic) bond motifs is 1. The Morgan fingerprint density at radius 1 is 1.24 bits per heavy atom. The maximum Gasteiger partial charge on any atom is 0.416 e. The van der Waals surface area contributed by atoms with Crippen molar-refractivity contribution in [2.75, 3.05) is 0 Å².